The van der Waals surface area contributed by atoms with Crippen molar-refractivity contribution < 1.29 is 13.2 Å². The van der Waals surface area contributed by atoms with Crippen LogP contribution in [0.4, 0.5) is 0 Å². The molecule has 9 heteroatoms. The summed E-state index contributed by atoms with van der Waals surface area (Å²) in [5.74, 6) is 0.348. The molecule has 2 rings (SSSR count). The van der Waals surface area contributed by atoms with Crippen molar-refractivity contribution in [3.63, 3.8) is 0 Å². The maximum atomic E-state index is 11.1. The molecule has 0 bridgehead atoms. The number of hydrogen-bond donors (Lipinski definition) is 3. The second-order valence-electron chi connectivity index (χ2n) is 4.91. The van der Waals surface area contributed by atoms with Crippen LogP contribution in [-0.2, 0) is 21.3 Å². The topological polar surface area (TPSA) is 120 Å². The van der Waals surface area contributed by atoms with Crippen LogP contribution in [0, 0.1) is 0 Å². The number of halogens is 1. The fraction of sp³-hybridized carbons (Fsp3) is 0.462. The van der Waals surface area contributed by atoms with Crippen LogP contribution in [0.3, 0.4) is 0 Å². The Bertz CT molecular complexity index is 598. The van der Waals surface area contributed by atoms with Crippen LogP contribution >= 0.6 is 24.0 Å². The first kappa shape index (κ1) is 19.1. The minimum absolute atomic E-state index is 0. The summed E-state index contributed by atoms with van der Waals surface area (Å²) in [4.78, 5) is 4.28. The molecule has 1 aromatic rings. The van der Waals surface area contributed by atoms with Crippen molar-refractivity contribution in [2.24, 2.45) is 15.9 Å². The van der Waals surface area contributed by atoms with Crippen molar-refractivity contribution in [2.45, 2.75) is 30.4 Å². The van der Waals surface area contributed by atoms with Crippen LogP contribution in [0.5, 0.6) is 0 Å². The van der Waals surface area contributed by atoms with E-state index in [2.05, 4.69) is 10.3 Å². The third kappa shape index (κ3) is 6.07. The summed E-state index contributed by atoms with van der Waals surface area (Å²) in [6.07, 6.45) is 2.32. The van der Waals surface area contributed by atoms with Gasteiger partial charge in [0.1, 0.15) is 0 Å². The van der Waals surface area contributed by atoms with E-state index >= 15 is 0 Å². The van der Waals surface area contributed by atoms with Gasteiger partial charge < -0.3 is 15.8 Å². The quantitative estimate of drug-likeness (QED) is 0.351. The van der Waals surface area contributed by atoms with Crippen molar-refractivity contribution in [3.8, 4) is 0 Å². The molecule has 0 spiro atoms. The normalized spacial score (nSPS) is 18.8. The number of nitrogens with one attached hydrogen (secondary N) is 1. The summed E-state index contributed by atoms with van der Waals surface area (Å²) in [6, 6.07) is 6.24. The lowest BCUT2D eigenvalue weighted by Crippen LogP contribution is -2.37. The molecule has 124 valence electrons. The van der Waals surface area contributed by atoms with Crippen molar-refractivity contribution in [2.75, 3.05) is 13.2 Å². The van der Waals surface area contributed by atoms with Gasteiger partial charge in [-0.25, -0.2) is 18.5 Å². The molecule has 1 unspecified atom stereocenters. The smallest absolute Gasteiger partial charge is 0.238 e. The summed E-state index contributed by atoms with van der Waals surface area (Å²) < 4.78 is 27.7. The van der Waals surface area contributed by atoms with Gasteiger partial charge in [0.25, 0.3) is 0 Å². The van der Waals surface area contributed by atoms with Crippen molar-refractivity contribution in [1.82, 2.24) is 5.32 Å². The summed E-state index contributed by atoms with van der Waals surface area (Å²) in [6.45, 7) is 1.83. The van der Waals surface area contributed by atoms with E-state index < -0.39 is 10.0 Å². The fourth-order valence-corrected chi connectivity index (χ4v) is 2.56. The molecule has 1 atom stereocenters. The monoisotopic (exact) mass is 440 g/mol. The Morgan fingerprint density at radius 3 is 2.59 bits per heavy atom. The van der Waals surface area contributed by atoms with Gasteiger partial charge in [0.05, 0.1) is 17.5 Å². The second kappa shape index (κ2) is 8.65. The molecule has 7 nitrogen and oxygen atoms in total. The van der Waals surface area contributed by atoms with Gasteiger partial charge in [-0.2, -0.15) is 0 Å². The van der Waals surface area contributed by atoms with Gasteiger partial charge in [-0.1, -0.05) is 12.1 Å². The molecule has 5 N–H and O–H groups in total. The molecule has 1 heterocycles. The Morgan fingerprint density at radius 1 is 1.36 bits per heavy atom. The number of nitrogens with zero attached hydrogens (tertiary/aromatic N) is 1. The van der Waals surface area contributed by atoms with Gasteiger partial charge in [-0.05, 0) is 30.5 Å². The number of primary sulfonamides is 1. The van der Waals surface area contributed by atoms with Crippen molar-refractivity contribution in [3.05, 3.63) is 29.8 Å². The zero-order valence-corrected chi connectivity index (χ0v) is 15.2. The highest BCUT2D eigenvalue weighted by molar-refractivity contribution is 14.0. The number of guanidine groups is 1. The molecule has 1 saturated heterocycles. The van der Waals surface area contributed by atoms with Crippen molar-refractivity contribution in [1.29, 1.82) is 0 Å². The van der Waals surface area contributed by atoms with Crippen LogP contribution in [0.2, 0.25) is 0 Å². The maximum Gasteiger partial charge on any atom is 0.238 e. The Balaban J connectivity index is 0.00000242. The van der Waals surface area contributed by atoms with Gasteiger partial charge in [0, 0.05) is 13.2 Å². The number of benzene rings is 1. The van der Waals surface area contributed by atoms with Gasteiger partial charge in [0.15, 0.2) is 5.96 Å². The minimum atomic E-state index is -3.66. The average molecular weight is 440 g/mol. The summed E-state index contributed by atoms with van der Waals surface area (Å²) in [7, 11) is -3.66. The number of nitrogens with two attached hydrogens (primary N) is 2. The van der Waals surface area contributed by atoms with E-state index in [9.17, 15) is 8.42 Å². The minimum Gasteiger partial charge on any atom is -0.376 e. The fourth-order valence-electron chi connectivity index (χ4n) is 2.04. The maximum absolute atomic E-state index is 11.1. The van der Waals surface area contributed by atoms with Crippen LogP contribution < -0.4 is 16.2 Å². The van der Waals surface area contributed by atoms with E-state index in [-0.39, 0.29) is 35.0 Å². The lowest BCUT2D eigenvalue weighted by Gasteiger charge is -2.11. The summed E-state index contributed by atoms with van der Waals surface area (Å²) >= 11 is 0. The lowest BCUT2D eigenvalue weighted by molar-refractivity contribution is 0.114. The lowest BCUT2D eigenvalue weighted by atomic mass is 10.2. The van der Waals surface area contributed by atoms with E-state index in [1.165, 1.54) is 12.1 Å². The zero-order valence-electron chi connectivity index (χ0n) is 12.1. The van der Waals surface area contributed by atoms with Crippen LogP contribution in [0.15, 0.2) is 34.2 Å². The van der Waals surface area contributed by atoms with Crippen LogP contribution in [-0.4, -0.2) is 33.6 Å². The molecule has 0 radical (unpaired) electrons. The van der Waals surface area contributed by atoms with Crippen LogP contribution in [0.1, 0.15) is 18.4 Å². The Hall–Kier alpha value is -0.910. The number of rotatable bonds is 5. The standard InChI is InChI=1S/C13H20N4O3S.HI/c14-13(17-9-11-2-1-7-20-11)16-8-10-3-5-12(6-4-10)21(15,18)19;/h3-6,11H,1-2,7-9H2,(H3,14,16,17)(H2,15,18,19);1H. The highest BCUT2D eigenvalue weighted by Gasteiger charge is 2.14. The van der Waals surface area contributed by atoms with E-state index in [0.29, 0.717) is 19.0 Å². The molecule has 1 fully saturated rings. The first-order valence-electron chi connectivity index (χ1n) is 6.72. The molecule has 1 aromatic carbocycles. The summed E-state index contributed by atoms with van der Waals surface area (Å²) in [5, 5.41) is 8.05. The van der Waals surface area contributed by atoms with E-state index in [0.717, 1.165) is 25.0 Å². The molecule has 0 saturated carbocycles. The first-order chi connectivity index (χ1) is 9.95. The Morgan fingerprint density at radius 2 is 2.05 bits per heavy atom. The predicted molar refractivity (Wildman–Crippen MR) is 95.5 cm³/mol. The number of hydrogen-bond acceptors (Lipinski definition) is 4. The van der Waals surface area contributed by atoms with E-state index in [1.807, 2.05) is 0 Å². The number of ether oxygens (including phenoxy) is 1. The molecular weight excluding hydrogens is 419 g/mol. The Kier molecular flexibility index (Phi) is 7.53. The molecule has 1 aliphatic rings. The average Bonchev–Trinajstić information content (AvgIpc) is 2.95. The third-order valence-electron chi connectivity index (χ3n) is 3.22. The van der Waals surface area contributed by atoms with E-state index in [1.54, 1.807) is 12.1 Å². The third-order valence-corrected chi connectivity index (χ3v) is 4.15. The molecule has 0 aliphatic carbocycles. The first-order valence-corrected chi connectivity index (χ1v) is 8.27. The highest BCUT2D eigenvalue weighted by Crippen LogP contribution is 2.11. The van der Waals surface area contributed by atoms with Gasteiger partial charge in [-0.15, -0.1) is 24.0 Å². The predicted octanol–water partition coefficient (Wildman–Crippen LogP) is 0.535. The van der Waals surface area contributed by atoms with Gasteiger partial charge in [-0.3, -0.25) is 0 Å². The molecule has 1 aliphatic heterocycles. The molecule has 22 heavy (non-hydrogen) atoms. The van der Waals surface area contributed by atoms with Gasteiger partial charge in [0.2, 0.25) is 10.0 Å². The molecular formula is C13H21IN4O3S. The van der Waals surface area contributed by atoms with Gasteiger partial charge >= 0.3 is 0 Å². The largest absolute Gasteiger partial charge is 0.376 e. The Labute approximate surface area is 147 Å². The molecule has 0 amide bonds. The number of sulfonamides is 1. The highest BCUT2D eigenvalue weighted by atomic mass is 127. The molecule has 0 aromatic heterocycles. The van der Waals surface area contributed by atoms with Crippen LogP contribution in [0.25, 0.3) is 0 Å². The zero-order chi connectivity index (χ0) is 15.3. The number of aliphatic imine (C=N–C) groups is 1. The second-order valence-corrected chi connectivity index (χ2v) is 6.47. The SMILES string of the molecule is I.NC(=NCc1ccc(S(N)(=O)=O)cc1)NCC1CCCO1. The van der Waals surface area contributed by atoms with E-state index in [4.69, 9.17) is 15.6 Å². The summed E-state index contributed by atoms with van der Waals surface area (Å²) in [5.41, 5.74) is 6.62. The van der Waals surface area contributed by atoms with Crippen molar-refractivity contribution >= 4 is 40.0 Å².